The normalized spacial score (nSPS) is 19.2. The minimum Gasteiger partial charge on any atom is -0.379 e. The highest BCUT2D eigenvalue weighted by atomic mass is 19.4. The summed E-state index contributed by atoms with van der Waals surface area (Å²) in [5.41, 5.74) is 0.986. The van der Waals surface area contributed by atoms with Crippen LogP contribution in [0.4, 0.5) is 13.2 Å². The first-order chi connectivity index (χ1) is 7.48. The lowest BCUT2D eigenvalue weighted by Crippen LogP contribution is -2.20. The lowest BCUT2D eigenvalue weighted by atomic mass is 9.80. The Morgan fingerprint density at radius 2 is 1.69 bits per heavy atom. The first-order valence-electron chi connectivity index (χ1n) is 5.33. The predicted octanol–water partition coefficient (Wildman–Crippen LogP) is 3.55. The second-order valence-corrected chi connectivity index (χ2v) is 4.24. The van der Waals surface area contributed by atoms with E-state index in [9.17, 15) is 13.2 Å². The predicted molar refractivity (Wildman–Crippen MR) is 54.0 cm³/mol. The van der Waals surface area contributed by atoms with Crippen LogP contribution in [0.1, 0.15) is 42.4 Å². The van der Waals surface area contributed by atoms with E-state index < -0.39 is 12.3 Å². The number of rotatable bonds is 2. The molecular formula is C12H13F3O. The summed E-state index contributed by atoms with van der Waals surface area (Å²) in [6.07, 6.45) is -3.54. The van der Waals surface area contributed by atoms with E-state index in [1.807, 2.05) is 0 Å². The summed E-state index contributed by atoms with van der Waals surface area (Å²) in [5, 5.41) is 9.03. The molecule has 2 rings (SSSR count). The second-order valence-electron chi connectivity index (χ2n) is 4.24. The van der Waals surface area contributed by atoms with E-state index in [1.54, 1.807) is 12.1 Å². The molecule has 0 amide bonds. The maximum Gasteiger partial charge on any atom is 0.418 e. The van der Waals surface area contributed by atoms with Crippen molar-refractivity contribution in [1.82, 2.24) is 0 Å². The zero-order valence-corrected chi connectivity index (χ0v) is 8.67. The molecule has 0 spiro atoms. The van der Waals surface area contributed by atoms with Crippen molar-refractivity contribution in [3.8, 4) is 0 Å². The largest absolute Gasteiger partial charge is 0.418 e. The third-order valence-electron chi connectivity index (χ3n) is 3.14. The molecule has 16 heavy (non-hydrogen) atoms. The van der Waals surface area contributed by atoms with E-state index in [0.717, 1.165) is 18.4 Å². The number of alkyl halides is 3. The molecular weight excluding hydrogens is 217 g/mol. The molecule has 0 bridgehead atoms. The number of halogens is 3. The minimum atomic E-state index is -4.59. The molecule has 88 valence electrons. The molecule has 4 heteroatoms. The van der Waals surface area contributed by atoms with Crippen molar-refractivity contribution < 1.29 is 18.3 Å². The van der Waals surface area contributed by atoms with Crippen molar-refractivity contribution in [2.75, 3.05) is 0 Å². The fourth-order valence-corrected chi connectivity index (χ4v) is 1.88. The Balaban J connectivity index is 2.12. The molecule has 0 saturated heterocycles. The fraction of sp³-hybridized carbons (Fsp3) is 0.500. The topological polar surface area (TPSA) is 20.2 Å². The number of hydrogen-bond acceptors (Lipinski definition) is 1. The van der Waals surface area contributed by atoms with E-state index >= 15 is 0 Å². The van der Waals surface area contributed by atoms with Gasteiger partial charge in [-0.1, -0.05) is 30.7 Å². The molecule has 0 aliphatic heterocycles. The van der Waals surface area contributed by atoms with Gasteiger partial charge in [0.15, 0.2) is 6.10 Å². The summed E-state index contributed by atoms with van der Waals surface area (Å²) in [4.78, 5) is 0. The van der Waals surface area contributed by atoms with Crippen LogP contribution in [0.25, 0.3) is 0 Å². The fourth-order valence-electron chi connectivity index (χ4n) is 1.88. The van der Waals surface area contributed by atoms with Gasteiger partial charge in [0.1, 0.15) is 0 Å². The lowest BCUT2D eigenvalue weighted by molar-refractivity contribution is -0.206. The van der Waals surface area contributed by atoms with Gasteiger partial charge in [-0.05, 0) is 29.9 Å². The zero-order valence-electron chi connectivity index (χ0n) is 8.67. The van der Waals surface area contributed by atoms with Crippen LogP contribution >= 0.6 is 0 Å². The maximum atomic E-state index is 12.2. The van der Waals surface area contributed by atoms with E-state index in [4.69, 9.17) is 5.11 Å². The Morgan fingerprint density at radius 3 is 2.06 bits per heavy atom. The number of hydrogen-bond donors (Lipinski definition) is 1. The van der Waals surface area contributed by atoms with Crippen molar-refractivity contribution >= 4 is 0 Å². The molecule has 0 unspecified atom stereocenters. The second kappa shape index (κ2) is 4.09. The van der Waals surface area contributed by atoms with Gasteiger partial charge in [0.05, 0.1) is 0 Å². The van der Waals surface area contributed by atoms with Gasteiger partial charge in [-0.25, -0.2) is 0 Å². The molecule has 0 aromatic heterocycles. The summed E-state index contributed by atoms with van der Waals surface area (Å²) < 4.78 is 36.7. The summed E-state index contributed by atoms with van der Waals surface area (Å²) in [6, 6.07) is 6.11. The summed E-state index contributed by atoms with van der Waals surface area (Å²) >= 11 is 0. The molecule has 1 aliphatic rings. The van der Waals surface area contributed by atoms with Crippen molar-refractivity contribution in [2.45, 2.75) is 37.5 Å². The van der Waals surface area contributed by atoms with Gasteiger partial charge >= 0.3 is 6.18 Å². The standard InChI is InChI=1S/C12H13F3O/c13-12(14,15)11(16)10-6-4-9(5-7-10)8-2-1-3-8/h4-8,11,16H,1-3H2/t11-/m1/s1. The Morgan fingerprint density at radius 1 is 1.12 bits per heavy atom. The van der Waals surface area contributed by atoms with E-state index in [2.05, 4.69) is 0 Å². The van der Waals surface area contributed by atoms with Crippen molar-refractivity contribution in [1.29, 1.82) is 0 Å². The van der Waals surface area contributed by atoms with Crippen LogP contribution in [-0.2, 0) is 0 Å². The van der Waals surface area contributed by atoms with E-state index in [0.29, 0.717) is 5.92 Å². The number of benzene rings is 1. The molecule has 0 radical (unpaired) electrons. The molecule has 1 nitrogen and oxygen atoms in total. The summed E-state index contributed by atoms with van der Waals surface area (Å²) in [5.74, 6) is 0.497. The first-order valence-corrected chi connectivity index (χ1v) is 5.33. The molecule has 0 heterocycles. The Hall–Kier alpha value is -1.03. The molecule has 1 atom stereocenters. The molecule has 1 fully saturated rings. The number of aliphatic hydroxyl groups is 1. The maximum absolute atomic E-state index is 12.2. The Labute approximate surface area is 91.9 Å². The van der Waals surface area contributed by atoms with E-state index in [1.165, 1.54) is 18.6 Å². The molecule has 1 aromatic carbocycles. The van der Waals surface area contributed by atoms with Gasteiger partial charge in [-0.2, -0.15) is 13.2 Å². The van der Waals surface area contributed by atoms with Crippen LogP contribution in [0.5, 0.6) is 0 Å². The zero-order chi connectivity index (χ0) is 11.8. The van der Waals surface area contributed by atoms with Crippen LogP contribution in [0.2, 0.25) is 0 Å². The lowest BCUT2D eigenvalue weighted by Gasteiger charge is -2.26. The Bertz CT molecular complexity index is 352. The van der Waals surface area contributed by atoms with Crippen molar-refractivity contribution in [2.24, 2.45) is 0 Å². The van der Waals surface area contributed by atoms with Crippen LogP contribution < -0.4 is 0 Å². The monoisotopic (exact) mass is 230 g/mol. The van der Waals surface area contributed by atoms with Crippen LogP contribution in [0.3, 0.4) is 0 Å². The quantitative estimate of drug-likeness (QED) is 0.823. The van der Waals surface area contributed by atoms with Crippen LogP contribution in [0, 0.1) is 0 Å². The molecule has 1 saturated carbocycles. The van der Waals surface area contributed by atoms with Gasteiger partial charge in [-0.3, -0.25) is 0 Å². The van der Waals surface area contributed by atoms with Crippen LogP contribution in [0.15, 0.2) is 24.3 Å². The highest BCUT2D eigenvalue weighted by molar-refractivity contribution is 5.28. The third-order valence-corrected chi connectivity index (χ3v) is 3.14. The van der Waals surface area contributed by atoms with Crippen molar-refractivity contribution in [3.63, 3.8) is 0 Å². The summed E-state index contributed by atoms with van der Waals surface area (Å²) in [6.45, 7) is 0. The van der Waals surface area contributed by atoms with Gasteiger partial charge < -0.3 is 5.11 Å². The first kappa shape index (κ1) is 11.5. The number of aliphatic hydroxyl groups excluding tert-OH is 1. The summed E-state index contributed by atoms with van der Waals surface area (Å²) in [7, 11) is 0. The van der Waals surface area contributed by atoms with Gasteiger partial charge in [0.2, 0.25) is 0 Å². The van der Waals surface area contributed by atoms with E-state index in [-0.39, 0.29) is 5.56 Å². The molecule has 1 aliphatic carbocycles. The van der Waals surface area contributed by atoms with Gasteiger partial charge in [-0.15, -0.1) is 0 Å². The molecule has 1 N–H and O–H groups in total. The van der Waals surface area contributed by atoms with Gasteiger partial charge in [0, 0.05) is 0 Å². The smallest absolute Gasteiger partial charge is 0.379 e. The van der Waals surface area contributed by atoms with Crippen molar-refractivity contribution in [3.05, 3.63) is 35.4 Å². The highest BCUT2D eigenvalue weighted by Crippen LogP contribution is 2.38. The average molecular weight is 230 g/mol. The average Bonchev–Trinajstić information content (AvgIpc) is 2.14. The highest BCUT2D eigenvalue weighted by Gasteiger charge is 2.39. The van der Waals surface area contributed by atoms with Gasteiger partial charge in [0.25, 0.3) is 0 Å². The molecule has 1 aromatic rings. The van der Waals surface area contributed by atoms with Crippen LogP contribution in [-0.4, -0.2) is 11.3 Å². The SMILES string of the molecule is O[C@H](c1ccc(C2CCC2)cc1)C(F)(F)F. The Kier molecular flexibility index (Phi) is 2.93. The third kappa shape index (κ3) is 2.21. The minimum absolute atomic E-state index is 0.0874.